The van der Waals surface area contributed by atoms with Crippen LogP contribution in [0.3, 0.4) is 0 Å². The lowest BCUT2D eigenvalue weighted by Gasteiger charge is -2.06. The Labute approximate surface area is 117 Å². The van der Waals surface area contributed by atoms with Gasteiger partial charge >= 0.3 is 0 Å². The van der Waals surface area contributed by atoms with Crippen LogP contribution in [0.15, 0.2) is 45.8 Å². The molecule has 2 heterocycles. The van der Waals surface area contributed by atoms with Gasteiger partial charge in [-0.25, -0.2) is 4.98 Å². The number of aromatic amines is 1. The predicted octanol–water partition coefficient (Wildman–Crippen LogP) is 3.06. The van der Waals surface area contributed by atoms with Crippen molar-refractivity contribution in [2.24, 2.45) is 0 Å². The number of aryl methyl sites for hydroxylation is 1. The minimum atomic E-state index is -0.177. The van der Waals surface area contributed by atoms with Crippen molar-refractivity contribution < 1.29 is 0 Å². The number of nitrogens with zero attached hydrogens (tertiary/aromatic N) is 2. The van der Waals surface area contributed by atoms with Gasteiger partial charge in [0.05, 0.1) is 11.2 Å². The summed E-state index contributed by atoms with van der Waals surface area (Å²) in [6.45, 7) is 1.80. The van der Waals surface area contributed by atoms with Gasteiger partial charge in [-0.1, -0.05) is 18.2 Å². The molecule has 0 radical (unpaired) electrons. The molecule has 3 rings (SSSR count). The van der Waals surface area contributed by atoms with Gasteiger partial charge in [-0.15, -0.1) is 0 Å². The summed E-state index contributed by atoms with van der Waals surface area (Å²) in [7, 11) is 0. The number of para-hydroxylation sites is 1. The lowest BCUT2D eigenvalue weighted by molar-refractivity contribution is 1.06. The van der Waals surface area contributed by atoms with Gasteiger partial charge in [0.15, 0.2) is 0 Å². The van der Waals surface area contributed by atoms with Crippen LogP contribution < -0.4 is 5.56 Å². The Hall–Kier alpha value is -2.01. The molecule has 94 valence electrons. The normalized spacial score (nSPS) is 10.8. The third kappa shape index (κ3) is 2.06. The first kappa shape index (κ1) is 12.0. The van der Waals surface area contributed by atoms with Gasteiger partial charge < -0.3 is 4.98 Å². The van der Waals surface area contributed by atoms with Crippen molar-refractivity contribution in [2.45, 2.75) is 6.92 Å². The van der Waals surface area contributed by atoms with Gasteiger partial charge in [0.25, 0.3) is 5.56 Å². The molecule has 4 nitrogen and oxygen atoms in total. The molecule has 3 aromatic rings. The molecule has 0 aliphatic carbocycles. The molecule has 0 bridgehead atoms. The van der Waals surface area contributed by atoms with Crippen molar-refractivity contribution >= 4 is 26.8 Å². The van der Waals surface area contributed by atoms with E-state index >= 15 is 0 Å². The lowest BCUT2D eigenvalue weighted by Crippen LogP contribution is -2.12. The maximum atomic E-state index is 11.8. The molecule has 0 unspecified atom stereocenters. The van der Waals surface area contributed by atoms with E-state index in [2.05, 4.69) is 30.9 Å². The van der Waals surface area contributed by atoms with E-state index in [1.54, 1.807) is 13.1 Å². The van der Waals surface area contributed by atoms with E-state index in [4.69, 9.17) is 0 Å². The number of rotatable bonds is 1. The van der Waals surface area contributed by atoms with Crippen LogP contribution in [0.5, 0.6) is 0 Å². The second-order valence-corrected chi connectivity index (χ2v) is 4.98. The first-order chi connectivity index (χ1) is 9.16. The average molecular weight is 316 g/mol. The van der Waals surface area contributed by atoms with Gasteiger partial charge in [-0.05, 0) is 35.0 Å². The number of pyridine rings is 1. The van der Waals surface area contributed by atoms with Gasteiger partial charge in [-0.2, -0.15) is 0 Å². The largest absolute Gasteiger partial charge is 0.306 e. The van der Waals surface area contributed by atoms with Crippen LogP contribution in [-0.2, 0) is 0 Å². The first-order valence-corrected chi connectivity index (χ1v) is 6.56. The minimum absolute atomic E-state index is 0.177. The van der Waals surface area contributed by atoms with E-state index in [1.165, 1.54) is 0 Å². The Morgan fingerprint density at radius 3 is 2.79 bits per heavy atom. The number of hydrogen-bond donors (Lipinski definition) is 1. The van der Waals surface area contributed by atoms with Crippen LogP contribution in [0.2, 0.25) is 0 Å². The smallest absolute Gasteiger partial charge is 0.265 e. The zero-order chi connectivity index (χ0) is 13.4. The van der Waals surface area contributed by atoms with Gasteiger partial charge in [-0.3, -0.25) is 9.78 Å². The minimum Gasteiger partial charge on any atom is -0.306 e. The molecular formula is C14H10BrN3O. The highest BCUT2D eigenvalue weighted by atomic mass is 79.9. The van der Waals surface area contributed by atoms with Crippen molar-refractivity contribution in [2.75, 3.05) is 0 Å². The maximum Gasteiger partial charge on any atom is 0.265 e. The summed E-state index contributed by atoms with van der Waals surface area (Å²) in [5.74, 6) is 0.560. The Morgan fingerprint density at radius 1 is 1.21 bits per heavy atom. The van der Waals surface area contributed by atoms with Crippen LogP contribution >= 0.6 is 15.9 Å². The molecule has 2 aromatic heterocycles. The number of aromatic nitrogens is 3. The van der Waals surface area contributed by atoms with Crippen molar-refractivity contribution in [1.82, 2.24) is 15.0 Å². The van der Waals surface area contributed by atoms with E-state index < -0.39 is 0 Å². The zero-order valence-corrected chi connectivity index (χ0v) is 11.7. The summed E-state index contributed by atoms with van der Waals surface area (Å²) < 4.78 is 0.467. The molecule has 0 amide bonds. The summed E-state index contributed by atoms with van der Waals surface area (Å²) in [5.41, 5.74) is 2.24. The SMILES string of the molecule is Cc1nc(-c2ccnc3ccccc23)[nH]c(=O)c1Br. The van der Waals surface area contributed by atoms with Crippen LogP contribution in [-0.4, -0.2) is 15.0 Å². The Balaban J connectivity index is 2.34. The van der Waals surface area contributed by atoms with Crippen molar-refractivity contribution in [3.63, 3.8) is 0 Å². The molecule has 0 saturated carbocycles. The fourth-order valence-electron chi connectivity index (χ4n) is 2.00. The molecular weight excluding hydrogens is 306 g/mol. The molecule has 0 spiro atoms. The van der Waals surface area contributed by atoms with Crippen LogP contribution in [0.4, 0.5) is 0 Å². The summed E-state index contributed by atoms with van der Waals surface area (Å²) in [5, 5.41) is 0.967. The fraction of sp³-hybridized carbons (Fsp3) is 0.0714. The van der Waals surface area contributed by atoms with E-state index in [0.29, 0.717) is 16.0 Å². The molecule has 5 heteroatoms. The molecule has 0 atom stereocenters. The standard InChI is InChI=1S/C14H10BrN3O/c1-8-12(15)14(19)18-13(17-8)10-6-7-16-11-5-3-2-4-9(10)11/h2-7H,1H3,(H,17,18,19). The quantitative estimate of drug-likeness (QED) is 0.750. The fourth-order valence-corrected chi connectivity index (χ4v) is 2.19. The summed E-state index contributed by atoms with van der Waals surface area (Å²) in [6.07, 6.45) is 1.72. The highest BCUT2D eigenvalue weighted by Crippen LogP contribution is 2.24. The monoisotopic (exact) mass is 315 g/mol. The van der Waals surface area contributed by atoms with Crippen LogP contribution in [0.25, 0.3) is 22.3 Å². The van der Waals surface area contributed by atoms with Crippen LogP contribution in [0.1, 0.15) is 5.69 Å². The van der Waals surface area contributed by atoms with Crippen molar-refractivity contribution in [1.29, 1.82) is 0 Å². The van der Waals surface area contributed by atoms with E-state index in [-0.39, 0.29) is 5.56 Å². The van der Waals surface area contributed by atoms with Crippen molar-refractivity contribution in [3.05, 3.63) is 57.0 Å². The summed E-state index contributed by atoms with van der Waals surface area (Å²) in [6, 6.07) is 9.63. The third-order valence-corrected chi connectivity index (χ3v) is 3.87. The molecule has 0 aliphatic rings. The zero-order valence-electron chi connectivity index (χ0n) is 10.1. The number of hydrogen-bond acceptors (Lipinski definition) is 3. The van der Waals surface area contributed by atoms with Gasteiger partial charge in [0.2, 0.25) is 0 Å². The van der Waals surface area contributed by atoms with Gasteiger partial charge in [0, 0.05) is 17.1 Å². The van der Waals surface area contributed by atoms with Crippen molar-refractivity contribution in [3.8, 4) is 11.4 Å². The molecule has 0 aliphatic heterocycles. The number of halogens is 1. The first-order valence-electron chi connectivity index (χ1n) is 5.77. The Morgan fingerprint density at radius 2 is 2.00 bits per heavy atom. The molecule has 1 aromatic carbocycles. The number of H-pyrrole nitrogens is 1. The van der Waals surface area contributed by atoms with Gasteiger partial charge in [0.1, 0.15) is 10.3 Å². The predicted molar refractivity (Wildman–Crippen MR) is 78.0 cm³/mol. The Bertz CT molecular complexity index is 821. The molecule has 1 N–H and O–H groups in total. The highest BCUT2D eigenvalue weighted by Gasteiger charge is 2.09. The molecule has 0 saturated heterocycles. The molecule has 0 fully saturated rings. The third-order valence-electron chi connectivity index (χ3n) is 2.93. The second-order valence-electron chi connectivity index (χ2n) is 4.19. The summed E-state index contributed by atoms with van der Waals surface area (Å²) >= 11 is 3.22. The number of nitrogens with one attached hydrogen (secondary N) is 1. The second kappa shape index (κ2) is 4.59. The van der Waals surface area contributed by atoms with E-state index in [0.717, 1.165) is 16.5 Å². The van der Waals surface area contributed by atoms with E-state index in [9.17, 15) is 4.79 Å². The lowest BCUT2D eigenvalue weighted by atomic mass is 10.1. The van der Waals surface area contributed by atoms with E-state index in [1.807, 2.05) is 30.3 Å². The maximum absolute atomic E-state index is 11.8. The highest BCUT2D eigenvalue weighted by molar-refractivity contribution is 9.10. The number of fused-ring (bicyclic) bond motifs is 1. The molecule has 19 heavy (non-hydrogen) atoms. The topological polar surface area (TPSA) is 58.6 Å². The Kier molecular flexibility index (Phi) is 2.91. The summed E-state index contributed by atoms with van der Waals surface area (Å²) in [4.78, 5) is 23.3. The van der Waals surface area contributed by atoms with Crippen LogP contribution in [0, 0.1) is 6.92 Å². The number of benzene rings is 1. The average Bonchev–Trinajstić information content (AvgIpc) is 2.43.